The molecule has 0 radical (unpaired) electrons. The lowest BCUT2D eigenvalue weighted by atomic mass is 9.76. The van der Waals surface area contributed by atoms with Crippen molar-refractivity contribution in [1.82, 2.24) is 0 Å². The number of rotatable bonds is 6. The Hall–Kier alpha value is -1.41. The minimum absolute atomic E-state index is 0.227. The highest BCUT2D eigenvalue weighted by Gasteiger charge is 2.63. The lowest BCUT2D eigenvalue weighted by Crippen LogP contribution is -2.57. The summed E-state index contributed by atoms with van der Waals surface area (Å²) in [6.45, 7) is 15.8. The molecule has 2 aromatic carbocycles. The molecule has 2 aromatic rings. The van der Waals surface area contributed by atoms with Crippen molar-refractivity contribution >= 4 is 13.2 Å². The average molecular weight is 605 g/mol. The second-order valence-corrected chi connectivity index (χ2v) is 18.3. The van der Waals surface area contributed by atoms with E-state index >= 15 is 0 Å². The number of hydrogen-bond acceptors (Lipinski definition) is 3. The van der Waals surface area contributed by atoms with Crippen LogP contribution in [0.4, 0.5) is 0 Å². The van der Waals surface area contributed by atoms with Gasteiger partial charge < -0.3 is 14.2 Å². The Morgan fingerprint density at radius 3 is 1.65 bits per heavy atom. The van der Waals surface area contributed by atoms with Gasteiger partial charge in [-0.1, -0.05) is 112 Å². The van der Waals surface area contributed by atoms with Crippen LogP contribution >= 0.6 is 7.92 Å². The third-order valence-corrected chi connectivity index (χ3v) is 15.4. The highest BCUT2D eigenvalue weighted by molar-refractivity contribution is 7.69. The topological polar surface area (TPSA) is 27.7 Å². The molecule has 0 atom stereocenters. The molecule has 4 fully saturated rings. The molecule has 0 amide bonds. The number of ether oxygens (including phenoxy) is 3. The molecule has 2 saturated carbocycles. The Balaban J connectivity index is 1.66. The molecule has 0 aromatic heterocycles. The van der Waals surface area contributed by atoms with Gasteiger partial charge in [0.05, 0.1) is 20.3 Å². The average Bonchev–Trinajstić information content (AvgIpc) is 3.43. The quantitative estimate of drug-likeness (QED) is 0.307. The molecular formula is C39H57O3P. The molecule has 4 aliphatic rings. The zero-order chi connectivity index (χ0) is 30.4. The summed E-state index contributed by atoms with van der Waals surface area (Å²) in [7, 11) is 1.37. The van der Waals surface area contributed by atoms with E-state index in [2.05, 4.69) is 71.9 Å². The van der Waals surface area contributed by atoms with E-state index in [4.69, 9.17) is 14.2 Å². The van der Waals surface area contributed by atoms with Crippen LogP contribution in [-0.2, 0) is 9.47 Å². The summed E-state index contributed by atoms with van der Waals surface area (Å²) in [5, 5.41) is 2.02. The van der Waals surface area contributed by atoms with Crippen molar-refractivity contribution in [1.29, 1.82) is 0 Å². The Kier molecular flexibility index (Phi) is 9.11. The maximum atomic E-state index is 6.69. The first-order chi connectivity index (χ1) is 20.6. The highest BCUT2D eigenvalue weighted by Crippen LogP contribution is 2.76. The molecule has 43 heavy (non-hydrogen) atoms. The van der Waals surface area contributed by atoms with Crippen LogP contribution in [0.25, 0.3) is 11.1 Å². The number of hydrogen-bond donors (Lipinski definition) is 0. The molecule has 3 nitrogen and oxygen atoms in total. The van der Waals surface area contributed by atoms with Crippen molar-refractivity contribution in [3.05, 3.63) is 47.0 Å². The van der Waals surface area contributed by atoms with Gasteiger partial charge in [0.1, 0.15) is 5.75 Å². The van der Waals surface area contributed by atoms with Crippen LogP contribution in [0.3, 0.4) is 0 Å². The third-order valence-electron chi connectivity index (χ3n) is 11.4. The molecule has 3 spiro atoms. The van der Waals surface area contributed by atoms with Gasteiger partial charge in [0.2, 0.25) is 0 Å². The zero-order valence-electron chi connectivity index (χ0n) is 28.2. The Morgan fingerprint density at radius 2 is 1.21 bits per heavy atom. The maximum absolute atomic E-state index is 6.69. The first-order valence-electron chi connectivity index (χ1n) is 17.6. The van der Waals surface area contributed by atoms with Crippen LogP contribution < -0.4 is 10.0 Å². The van der Waals surface area contributed by atoms with Gasteiger partial charge >= 0.3 is 0 Å². The Labute approximate surface area is 263 Å². The van der Waals surface area contributed by atoms with Crippen LogP contribution in [0.5, 0.6) is 5.75 Å². The van der Waals surface area contributed by atoms with Gasteiger partial charge in [0, 0.05) is 28.5 Å². The van der Waals surface area contributed by atoms with Crippen LogP contribution in [0.15, 0.2) is 30.3 Å². The fourth-order valence-electron chi connectivity index (χ4n) is 9.51. The summed E-state index contributed by atoms with van der Waals surface area (Å²) >= 11 is 0. The number of methoxy groups -OCH3 is 1. The van der Waals surface area contributed by atoms with Gasteiger partial charge in [-0.3, -0.25) is 0 Å². The lowest BCUT2D eigenvalue weighted by Gasteiger charge is -2.62. The Bertz CT molecular complexity index is 1220. The van der Waals surface area contributed by atoms with Crippen LogP contribution in [0.2, 0.25) is 0 Å². The molecule has 4 heteroatoms. The summed E-state index contributed by atoms with van der Waals surface area (Å²) < 4.78 is 19.8. The molecule has 0 N–H and O–H groups in total. The SMILES string of the molecule is COc1cccc(-c2c(C(C)C)cc(C(C)C)cc2C(C)C)c1P1C2(CCCCC2)CC2(CC13CCCCC3)OCCO2. The van der Waals surface area contributed by atoms with Gasteiger partial charge in [0.25, 0.3) is 0 Å². The van der Waals surface area contributed by atoms with Crippen LogP contribution in [-0.4, -0.2) is 36.4 Å². The summed E-state index contributed by atoms with van der Waals surface area (Å²) in [6, 6.07) is 12.1. The standard InChI is InChI=1S/C39H57O3P/c1-27(2)30-23-32(28(3)4)35(33(24-30)29(5)6)31-15-14-16-34(40-7)36(31)43-37(17-10-8-11-18-37)25-39(41-21-22-42-39)26-38(43)19-12-9-13-20-38/h14-16,23-24,27-29H,8-13,17-22,25-26H2,1-7H3. The van der Waals surface area contributed by atoms with E-state index in [1.165, 1.54) is 92.0 Å². The van der Waals surface area contributed by atoms with Crippen molar-refractivity contribution in [3.63, 3.8) is 0 Å². The molecule has 2 heterocycles. The minimum atomic E-state index is -0.553. The predicted molar refractivity (Wildman–Crippen MR) is 183 cm³/mol. The van der Waals surface area contributed by atoms with Crippen molar-refractivity contribution in [2.24, 2.45) is 0 Å². The van der Waals surface area contributed by atoms with E-state index in [9.17, 15) is 0 Å². The lowest BCUT2D eigenvalue weighted by molar-refractivity contribution is -0.185. The fourth-order valence-corrected chi connectivity index (χ4v) is 14.6. The van der Waals surface area contributed by atoms with Crippen LogP contribution in [0, 0.1) is 0 Å². The van der Waals surface area contributed by atoms with E-state index in [0.29, 0.717) is 17.8 Å². The largest absolute Gasteiger partial charge is 0.496 e. The van der Waals surface area contributed by atoms with Gasteiger partial charge in [-0.05, 0) is 77.3 Å². The first-order valence-corrected chi connectivity index (χ1v) is 18.9. The Morgan fingerprint density at radius 1 is 0.698 bits per heavy atom. The smallest absolute Gasteiger partial charge is 0.170 e. The molecule has 236 valence electrons. The van der Waals surface area contributed by atoms with Gasteiger partial charge in [-0.2, -0.15) is 0 Å². The van der Waals surface area contributed by atoms with E-state index in [0.717, 1.165) is 31.8 Å². The zero-order valence-corrected chi connectivity index (χ0v) is 29.1. The van der Waals surface area contributed by atoms with E-state index in [1.807, 2.05) is 7.11 Å². The second kappa shape index (κ2) is 12.4. The second-order valence-electron chi connectivity index (χ2n) is 15.3. The molecule has 6 rings (SSSR count). The third kappa shape index (κ3) is 5.63. The molecule has 2 saturated heterocycles. The molecule has 0 bridgehead atoms. The van der Waals surface area contributed by atoms with Crippen LogP contribution in [0.1, 0.15) is 153 Å². The number of benzene rings is 2. The van der Waals surface area contributed by atoms with Crippen molar-refractivity contribution in [2.45, 2.75) is 152 Å². The molecule has 2 aliphatic carbocycles. The van der Waals surface area contributed by atoms with Crippen molar-refractivity contribution in [2.75, 3.05) is 20.3 Å². The van der Waals surface area contributed by atoms with E-state index < -0.39 is 7.92 Å². The van der Waals surface area contributed by atoms with E-state index in [1.54, 1.807) is 5.30 Å². The monoisotopic (exact) mass is 604 g/mol. The molecular weight excluding hydrogens is 547 g/mol. The summed E-state index contributed by atoms with van der Waals surface area (Å²) in [6.07, 6.45) is 15.3. The fraction of sp³-hybridized carbons (Fsp3) is 0.692. The summed E-state index contributed by atoms with van der Waals surface area (Å²) in [4.78, 5) is 0. The van der Waals surface area contributed by atoms with Gasteiger partial charge in [0.15, 0.2) is 5.79 Å². The minimum Gasteiger partial charge on any atom is -0.496 e. The molecule has 0 unspecified atom stereocenters. The summed E-state index contributed by atoms with van der Waals surface area (Å²) in [5.74, 6) is 2.14. The molecule has 2 aliphatic heterocycles. The summed E-state index contributed by atoms with van der Waals surface area (Å²) in [5.41, 5.74) is 7.44. The maximum Gasteiger partial charge on any atom is 0.170 e. The van der Waals surface area contributed by atoms with Crippen molar-refractivity contribution < 1.29 is 14.2 Å². The normalized spacial score (nSPS) is 24.6. The first kappa shape index (κ1) is 31.6. The predicted octanol–water partition coefficient (Wildman–Crippen LogP) is 10.8. The van der Waals surface area contributed by atoms with E-state index in [-0.39, 0.29) is 16.1 Å². The van der Waals surface area contributed by atoms with Gasteiger partial charge in [-0.25, -0.2) is 0 Å². The highest BCUT2D eigenvalue weighted by atomic mass is 31.1. The van der Waals surface area contributed by atoms with Gasteiger partial charge in [-0.15, -0.1) is 0 Å². The van der Waals surface area contributed by atoms with Crippen molar-refractivity contribution in [3.8, 4) is 16.9 Å².